The van der Waals surface area contributed by atoms with Gasteiger partial charge in [0.25, 0.3) is 5.91 Å². The highest BCUT2D eigenvalue weighted by molar-refractivity contribution is 9.10. The van der Waals surface area contributed by atoms with Gasteiger partial charge in [0, 0.05) is 17.1 Å². The molecule has 0 unspecified atom stereocenters. The third-order valence-electron chi connectivity index (χ3n) is 4.88. The number of hydrogen-bond donors (Lipinski definition) is 1. The van der Waals surface area contributed by atoms with Crippen LogP contribution in [0.5, 0.6) is 5.75 Å². The summed E-state index contributed by atoms with van der Waals surface area (Å²) >= 11 is 3.42. The Morgan fingerprint density at radius 1 is 1.10 bits per heavy atom. The predicted molar refractivity (Wildman–Crippen MR) is 119 cm³/mol. The van der Waals surface area contributed by atoms with Crippen molar-refractivity contribution in [1.29, 1.82) is 0 Å². The molecule has 6 heteroatoms. The van der Waals surface area contributed by atoms with Crippen molar-refractivity contribution in [1.82, 2.24) is 10.2 Å². The molecule has 156 valence electrons. The predicted octanol–water partition coefficient (Wildman–Crippen LogP) is 4.47. The van der Waals surface area contributed by atoms with Crippen LogP contribution in [-0.2, 0) is 16.1 Å². The fourth-order valence-electron chi connectivity index (χ4n) is 2.78. The zero-order valence-electron chi connectivity index (χ0n) is 17.4. The van der Waals surface area contributed by atoms with Crippen LogP contribution in [0.1, 0.15) is 38.3 Å². The van der Waals surface area contributed by atoms with Gasteiger partial charge in [-0.2, -0.15) is 0 Å². The highest BCUT2D eigenvalue weighted by Crippen LogP contribution is 2.18. The van der Waals surface area contributed by atoms with Crippen LogP contribution in [0, 0.1) is 6.92 Å². The second-order valence-electron chi connectivity index (χ2n) is 7.20. The van der Waals surface area contributed by atoms with Gasteiger partial charge >= 0.3 is 0 Å². The lowest BCUT2D eigenvalue weighted by Crippen LogP contribution is -2.50. The second kappa shape index (κ2) is 11.0. The van der Waals surface area contributed by atoms with Crippen molar-refractivity contribution in [2.45, 2.75) is 52.7 Å². The van der Waals surface area contributed by atoms with Crippen molar-refractivity contribution in [3.63, 3.8) is 0 Å². The lowest BCUT2D eigenvalue weighted by atomic mass is 10.1. The third kappa shape index (κ3) is 6.89. The fraction of sp³-hybridized carbons (Fsp3) is 0.391. The Morgan fingerprint density at radius 3 is 2.38 bits per heavy atom. The van der Waals surface area contributed by atoms with E-state index in [1.807, 2.05) is 69.3 Å². The van der Waals surface area contributed by atoms with E-state index in [1.165, 1.54) is 0 Å². The number of para-hydroxylation sites is 1. The van der Waals surface area contributed by atoms with E-state index in [2.05, 4.69) is 21.2 Å². The number of aryl methyl sites for hydroxylation is 1. The number of rotatable bonds is 9. The third-order valence-corrected chi connectivity index (χ3v) is 5.41. The van der Waals surface area contributed by atoms with Crippen molar-refractivity contribution < 1.29 is 14.3 Å². The van der Waals surface area contributed by atoms with Gasteiger partial charge in [0.15, 0.2) is 6.61 Å². The average molecular weight is 461 g/mol. The monoisotopic (exact) mass is 460 g/mol. The van der Waals surface area contributed by atoms with Crippen molar-refractivity contribution >= 4 is 27.7 Å². The molecule has 2 rings (SSSR count). The first-order chi connectivity index (χ1) is 13.8. The van der Waals surface area contributed by atoms with Crippen molar-refractivity contribution in [3.8, 4) is 5.75 Å². The number of carbonyl (C=O) groups is 2. The summed E-state index contributed by atoms with van der Waals surface area (Å²) < 4.78 is 6.70. The van der Waals surface area contributed by atoms with Crippen LogP contribution >= 0.6 is 15.9 Å². The molecule has 0 bridgehead atoms. The number of hydrogen-bond acceptors (Lipinski definition) is 3. The molecule has 2 amide bonds. The average Bonchev–Trinajstić information content (AvgIpc) is 2.71. The Balaban J connectivity index is 2.15. The van der Waals surface area contributed by atoms with Gasteiger partial charge in [0.05, 0.1) is 0 Å². The molecule has 0 fully saturated rings. The van der Waals surface area contributed by atoms with E-state index in [-0.39, 0.29) is 24.5 Å². The minimum atomic E-state index is -0.611. The van der Waals surface area contributed by atoms with Crippen LogP contribution in [-0.4, -0.2) is 35.4 Å². The van der Waals surface area contributed by atoms with Gasteiger partial charge in [0.2, 0.25) is 5.91 Å². The molecule has 0 aliphatic carbocycles. The quantitative estimate of drug-likeness (QED) is 0.600. The van der Waals surface area contributed by atoms with Crippen molar-refractivity contribution in [2.75, 3.05) is 6.61 Å². The summed E-state index contributed by atoms with van der Waals surface area (Å²) in [5, 5.41) is 2.96. The van der Waals surface area contributed by atoms with E-state index in [0.717, 1.165) is 22.0 Å². The van der Waals surface area contributed by atoms with E-state index < -0.39 is 6.04 Å². The topological polar surface area (TPSA) is 58.6 Å². The Labute approximate surface area is 181 Å². The fourth-order valence-corrected chi connectivity index (χ4v) is 3.04. The second-order valence-corrected chi connectivity index (χ2v) is 8.11. The van der Waals surface area contributed by atoms with Gasteiger partial charge in [-0.3, -0.25) is 9.59 Å². The SMILES string of the molecule is CC[C@H](C)NC(=O)[C@H](C)N(Cc1ccc(Br)cc1)C(=O)COc1ccccc1C. The zero-order chi connectivity index (χ0) is 21.4. The van der Waals surface area contributed by atoms with Gasteiger partial charge in [-0.15, -0.1) is 0 Å². The highest BCUT2D eigenvalue weighted by atomic mass is 79.9. The molecule has 2 atom stereocenters. The van der Waals surface area contributed by atoms with Crippen LogP contribution in [0.15, 0.2) is 53.0 Å². The summed E-state index contributed by atoms with van der Waals surface area (Å²) in [5.74, 6) is 0.268. The van der Waals surface area contributed by atoms with E-state index >= 15 is 0 Å². The molecule has 0 aromatic heterocycles. The van der Waals surface area contributed by atoms with Crippen LogP contribution < -0.4 is 10.1 Å². The molecule has 0 aliphatic rings. The Kier molecular flexibility index (Phi) is 8.70. The molecule has 2 aromatic rings. The van der Waals surface area contributed by atoms with Gasteiger partial charge < -0.3 is 15.0 Å². The first-order valence-electron chi connectivity index (χ1n) is 9.84. The highest BCUT2D eigenvalue weighted by Gasteiger charge is 2.27. The van der Waals surface area contributed by atoms with Crippen LogP contribution in [0.4, 0.5) is 0 Å². The molecule has 1 N–H and O–H groups in total. The van der Waals surface area contributed by atoms with Crippen LogP contribution in [0.2, 0.25) is 0 Å². The lowest BCUT2D eigenvalue weighted by molar-refractivity contribution is -0.142. The zero-order valence-corrected chi connectivity index (χ0v) is 19.0. The molecule has 0 radical (unpaired) electrons. The Hall–Kier alpha value is -2.34. The van der Waals surface area contributed by atoms with Gasteiger partial charge in [0.1, 0.15) is 11.8 Å². The number of carbonyl (C=O) groups excluding carboxylic acids is 2. The lowest BCUT2D eigenvalue weighted by Gasteiger charge is -2.29. The minimum Gasteiger partial charge on any atom is -0.484 e. The number of nitrogens with zero attached hydrogens (tertiary/aromatic N) is 1. The van der Waals surface area contributed by atoms with Crippen LogP contribution in [0.25, 0.3) is 0 Å². The molecule has 0 heterocycles. The largest absolute Gasteiger partial charge is 0.484 e. The maximum Gasteiger partial charge on any atom is 0.261 e. The van der Waals surface area contributed by atoms with E-state index in [9.17, 15) is 9.59 Å². The summed E-state index contributed by atoms with van der Waals surface area (Å²) in [6.07, 6.45) is 0.829. The molecular formula is C23H29BrN2O3. The minimum absolute atomic E-state index is 0.0535. The molecule has 2 aromatic carbocycles. The summed E-state index contributed by atoms with van der Waals surface area (Å²) in [6, 6.07) is 14.7. The maximum absolute atomic E-state index is 13.0. The van der Waals surface area contributed by atoms with Gasteiger partial charge in [-0.25, -0.2) is 0 Å². The molecule has 29 heavy (non-hydrogen) atoms. The Morgan fingerprint density at radius 2 is 1.76 bits per heavy atom. The summed E-state index contributed by atoms with van der Waals surface area (Å²) in [4.78, 5) is 27.3. The van der Waals surface area contributed by atoms with E-state index in [0.29, 0.717) is 12.3 Å². The molecular weight excluding hydrogens is 432 g/mol. The number of nitrogens with one attached hydrogen (secondary N) is 1. The number of halogens is 1. The molecule has 0 saturated carbocycles. The van der Waals surface area contributed by atoms with Gasteiger partial charge in [-0.1, -0.05) is 53.2 Å². The number of amides is 2. The van der Waals surface area contributed by atoms with E-state index in [4.69, 9.17) is 4.74 Å². The molecule has 0 saturated heterocycles. The molecule has 0 aliphatic heterocycles. The summed E-state index contributed by atoms with van der Waals surface area (Å²) in [5.41, 5.74) is 1.91. The normalized spacial score (nSPS) is 12.7. The first-order valence-corrected chi connectivity index (χ1v) is 10.6. The standard InChI is InChI=1S/C23H29BrN2O3/c1-5-17(3)25-23(28)18(4)26(14-19-10-12-20(24)13-11-19)22(27)15-29-21-9-7-6-8-16(21)2/h6-13,17-18H,5,14-15H2,1-4H3,(H,25,28)/t17-,18-/m0/s1. The van der Waals surface area contributed by atoms with Gasteiger partial charge in [-0.05, 0) is 56.5 Å². The van der Waals surface area contributed by atoms with Crippen molar-refractivity contribution in [3.05, 3.63) is 64.1 Å². The Bertz CT molecular complexity index is 823. The van der Waals surface area contributed by atoms with E-state index in [1.54, 1.807) is 11.8 Å². The molecule has 5 nitrogen and oxygen atoms in total. The summed E-state index contributed by atoms with van der Waals surface area (Å²) in [7, 11) is 0. The summed E-state index contributed by atoms with van der Waals surface area (Å²) in [6.45, 7) is 7.85. The van der Waals surface area contributed by atoms with Crippen LogP contribution in [0.3, 0.4) is 0 Å². The van der Waals surface area contributed by atoms with Crippen molar-refractivity contribution in [2.24, 2.45) is 0 Å². The molecule has 0 spiro atoms. The number of ether oxygens (including phenoxy) is 1. The maximum atomic E-state index is 13.0. The first kappa shape index (κ1) is 22.9. The smallest absolute Gasteiger partial charge is 0.261 e. The number of benzene rings is 2.